The number of aliphatic hydroxyl groups is 1. The molecule has 3 aromatic heterocycles. The first-order valence-corrected chi connectivity index (χ1v) is 12.3. The Morgan fingerprint density at radius 1 is 1.08 bits per heavy atom. The molecular weight excluding hydrogens is 462 g/mol. The number of rotatable bonds is 5. The number of benzene rings is 1. The van der Waals surface area contributed by atoms with Crippen LogP contribution in [-0.2, 0) is 6.42 Å². The largest absolute Gasteiger partial charge is 0.391 e. The molecule has 2 fully saturated rings. The number of nitrogens with zero attached hydrogens (tertiary/aromatic N) is 5. The summed E-state index contributed by atoms with van der Waals surface area (Å²) in [6.07, 6.45) is 7.04. The van der Waals surface area contributed by atoms with Crippen molar-refractivity contribution < 1.29 is 13.9 Å². The van der Waals surface area contributed by atoms with E-state index in [1.165, 1.54) is 12.1 Å². The number of anilines is 1. The van der Waals surface area contributed by atoms with Crippen molar-refractivity contribution in [2.24, 2.45) is 11.7 Å². The average Bonchev–Trinajstić information content (AvgIpc) is 3.64. The fourth-order valence-corrected chi connectivity index (χ4v) is 5.22. The third-order valence-electron chi connectivity index (χ3n) is 7.35. The van der Waals surface area contributed by atoms with Gasteiger partial charge in [-0.1, -0.05) is 6.92 Å². The topological polar surface area (TPSA) is 92.6 Å². The maximum Gasteiger partial charge on any atom is 0.135 e. The Labute approximate surface area is 207 Å². The summed E-state index contributed by atoms with van der Waals surface area (Å²) in [5.41, 5.74) is 9.62. The van der Waals surface area contributed by atoms with Crippen LogP contribution < -0.4 is 10.6 Å². The minimum Gasteiger partial charge on any atom is -0.391 e. The van der Waals surface area contributed by atoms with Gasteiger partial charge in [0.1, 0.15) is 17.5 Å². The fraction of sp³-hybridized carbons (Fsp3) is 0.370. The molecule has 1 saturated heterocycles. The Morgan fingerprint density at radius 2 is 1.86 bits per heavy atom. The maximum absolute atomic E-state index is 15.0. The van der Waals surface area contributed by atoms with Crippen molar-refractivity contribution in [1.82, 2.24) is 19.6 Å². The van der Waals surface area contributed by atoms with Crippen molar-refractivity contribution in [1.29, 1.82) is 0 Å². The quantitative estimate of drug-likeness (QED) is 0.443. The molecule has 186 valence electrons. The monoisotopic (exact) mass is 490 g/mol. The summed E-state index contributed by atoms with van der Waals surface area (Å²) < 4.78 is 31.6. The molecule has 0 spiro atoms. The normalized spacial score (nSPS) is 22.4. The van der Waals surface area contributed by atoms with Crippen LogP contribution in [0.5, 0.6) is 0 Å². The first-order valence-electron chi connectivity index (χ1n) is 12.3. The van der Waals surface area contributed by atoms with E-state index >= 15 is 0 Å². The summed E-state index contributed by atoms with van der Waals surface area (Å²) in [5, 5.41) is 14.8. The van der Waals surface area contributed by atoms with Crippen LogP contribution in [0.1, 0.15) is 42.6 Å². The number of nitrogens with two attached hydrogens (primary N) is 1. The van der Waals surface area contributed by atoms with E-state index in [-0.39, 0.29) is 29.1 Å². The molecular formula is C27H28F2N6O. The third-order valence-corrected chi connectivity index (χ3v) is 7.35. The van der Waals surface area contributed by atoms with Gasteiger partial charge in [0.25, 0.3) is 0 Å². The molecule has 0 radical (unpaired) electrons. The van der Waals surface area contributed by atoms with Crippen molar-refractivity contribution in [3.05, 3.63) is 77.5 Å². The molecule has 4 aromatic rings. The van der Waals surface area contributed by atoms with Crippen LogP contribution in [0.3, 0.4) is 0 Å². The van der Waals surface area contributed by atoms with Gasteiger partial charge in [-0.25, -0.2) is 18.3 Å². The highest BCUT2D eigenvalue weighted by molar-refractivity contribution is 5.64. The van der Waals surface area contributed by atoms with E-state index in [9.17, 15) is 13.9 Å². The van der Waals surface area contributed by atoms with Gasteiger partial charge in [-0.2, -0.15) is 5.10 Å². The van der Waals surface area contributed by atoms with E-state index < -0.39 is 17.7 Å². The highest BCUT2D eigenvalue weighted by Crippen LogP contribution is 2.42. The van der Waals surface area contributed by atoms with Crippen molar-refractivity contribution in [3.63, 3.8) is 0 Å². The number of hydrogen-bond donors (Lipinski definition) is 2. The zero-order chi connectivity index (χ0) is 25.0. The highest BCUT2D eigenvalue weighted by Gasteiger charge is 2.32. The lowest BCUT2D eigenvalue weighted by Gasteiger charge is -2.40. The molecule has 0 bridgehead atoms. The molecule has 6 rings (SSSR count). The van der Waals surface area contributed by atoms with Crippen LogP contribution >= 0.6 is 0 Å². The summed E-state index contributed by atoms with van der Waals surface area (Å²) in [5.74, 6) is -0.281. The van der Waals surface area contributed by atoms with Gasteiger partial charge in [0.05, 0.1) is 29.1 Å². The molecule has 36 heavy (non-hydrogen) atoms. The van der Waals surface area contributed by atoms with Gasteiger partial charge in [-0.05, 0) is 54.7 Å². The molecule has 0 unspecified atom stereocenters. The molecule has 1 saturated carbocycles. The van der Waals surface area contributed by atoms with Gasteiger partial charge >= 0.3 is 0 Å². The molecule has 9 heteroatoms. The lowest BCUT2D eigenvalue weighted by Crippen LogP contribution is -2.55. The molecule has 1 aliphatic carbocycles. The zero-order valence-electron chi connectivity index (χ0n) is 20.0. The fourth-order valence-electron chi connectivity index (χ4n) is 5.22. The standard InChI is InChI=1S/C27H28F2N6O/c1-15-13-34(14-22(30)27(15)36)24-6-7-31-11-18(24)10-25-32-12-19-4-5-23(33-35(19)25)26-20(28)8-17(9-21(26)29)16-2-3-16/h4-9,11-12,15-16,22,27,36H,2-3,10,13-14,30H2,1H3/t15-,22+,27+/m0/s1. The van der Waals surface area contributed by atoms with Gasteiger partial charge in [-0.15, -0.1) is 0 Å². The summed E-state index contributed by atoms with van der Waals surface area (Å²) in [4.78, 5) is 11.0. The van der Waals surface area contributed by atoms with E-state index in [4.69, 9.17) is 5.73 Å². The second-order valence-electron chi connectivity index (χ2n) is 10.1. The van der Waals surface area contributed by atoms with Crippen molar-refractivity contribution in [2.45, 2.75) is 44.2 Å². The lowest BCUT2D eigenvalue weighted by atomic mass is 9.92. The maximum atomic E-state index is 15.0. The minimum absolute atomic E-state index is 0.0299. The molecule has 4 heterocycles. The van der Waals surface area contributed by atoms with Gasteiger partial charge in [-0.3, -0.25) is 4.98 Å². The Bertz CT molecular complexity index is 1400. The number of aliphatic hydroxyl groups excluding tert-OH is 1. The number of fused-ring (bicyclic) bond motifs is 1. The number of pyridine rings is 1. The number of aromatic nitrogens is 4. The van der Waals surface area contributed by atoms with Crippen LogP contribution in [0.15, 0.2) is 48.9 Å². The van der Waals surface area contributed by atoms with Crippen LogP contribution in [0.2, 0.25) is 0 Å². The summed E-state index contributed by atoms with van der Waals surface area (Å²) in [7, 11) is 0. The molecule has 1 aliphatic heterocycles. The van der Waals surface area contributed by atoms with Gasteiger partial charge in [0.2, 0.25) is 0 Å². The minimum atomic E-state index is -0.599. The van der Waals surface area contributed by atoms with Crippen LogP contribution in [0.4, 0.5) is 14.5 Å². The summed E-state index contributed by atoms with van der Waals surface area (Å²) in [6.45, 7) is 3.19. The second kappa shape index (κ2) is 8.90. The average molecular weight is 491 g/mol. The van der Waals surface area contributed by atoms with Crippen molar-refractivity contribution in [3.8, 4) is 11.3 Å². The molecule has 7 nitrogen and oxygen atoms in total. The summed E-state index contributed by atoms with van der Waals surface area (Å²) in [6, 6.07) is 7.84. The Balaban J connectivity index is 1.34. The van der Waals surface area contributed by atoms with E-state index in [1.54, 1.807) is 35.2 Å². The molecule has 3 N–H and O–H groups in total. The van der Waals surface area contributed by atoms with Crippen molar-refractivity contribution in [2.75, 3.05) is 18.0 Å². The Morgan fingerprint density at radius 3 is 2.58 bits per heavy atom. The first kappa shape index (κ1) is 23.0. The van der Waals surface area contributed by atoms with Crippen LogP contribution in [0, 0.1) is 17.6 Å². The highest BCUT2D eigenvalue weighted by atomic mass is 19.1. The Kier molecular flexibility index (Phi) is 5.69. The van der Waals surface area contributed by atoms with E-state index in [1.807, 2.05) is 13.0 Å². The van der Waals surface area contributed by atoms with Gasteiger partial charge in [0.15, 0.2) is 0 Å². The van der Waals surface area contributed by atoms with E-state index in [0.29, 0.717) is 30.9 Å². The first-order chi connectivity index (χ1) is 17.4. The molecule has 3 atom stereocenters. The Hall–Kier alpha value is -3.43. The SMILES string of the molecule is C[C@H]1CN(c2ccncc2Cc2ncc3ccc(-c4c(F)cc(C5CC5)cc4F)nn23)C[C@@H](N)[C@@H]1O. The number of piperidine rings is 1. The van der Waals surface area contributed by atoms with Gasteiger partial charge < -0.3 is 15.7 Å². The lowest BCUT2D eigenvalue weighted by molar-refractivity contribution is 0.0784. The number of halogens is 2. The predicted molar refractivity (Wildman–Crippen MR) is 133 cm³/mol. The third kappa shape index (κ3) is 4.12. The van der Waals surface area contributed by atoms with E-state index in [0.717, 1.165) is 29.6 Å². The summed E-state index contributed by atoms with van der Waals surface area (Å²) >= 11 is 0. The predicted octanol–water partition coefficient (Wildman–Crippen LogP) is 3.68. The smallest absolute Gasteiger partial charge is 0.135 e. The van der Waals surface area contributed by atoms with Crippen molar-refractivity contribution >= 4 is 11.2 Å². The molecule has 2 aliphatic rings. The molecule has 0 amide bonds. The van der Waals surface area contributed by atoms with Gasteiger partial charge in [0, 0.05) is 55.1 Å². The second-order valence-corrected chi connectivity index (χ2v) is 10.1. The molecule has 1 aromatic carbocycles. The van der Waals surface area contributed by atoms with Crippen LogP contribution in [0.25, 0.3) is 16.8 Å². The zero-order valence-corrected chi connectivity index (χ0v) is 20.0. The van der Waals surface area contributed by atoms with Crippen LogP contribution in [-0.4, -0.2) is 49.9 Å². The number of hydrogen-bond acceptors (Lipinski definition) is 6. The van der Waals surface area contributed by atoms with E-state index in [2.05, 4.69) is 20.0 Å². The number of imidazole rings is 1.